The number of carbonyl (C=O) groups is 3. The van der Waals surface area contributed by atoms with Crippen molar-refractivity contribution in [3.05, 3.63) is 191 Å². The molecule has 5 atom stereocenters. The number of β-lactam (4-membered cyclic amide) rings is 1. The van der Waals surface area contributed by atoms with Gasteiger partial charge in [-0.25, -0.2) is 4.98 Å². The molecule has 6 aromatic rings. The molecule has 3 fully saturated rings. The average molecular weight is 924 g/mol. The Hall–Kier alpha value is -5.93. The zero-order valence-electron chi connectivity index (χ0n) is 35.9. The number of nitrogens with one attached hydrogen (secondary N) is 2. The quantitative estimate of drug-likeness (QED) is 0.0339. The number of nitrogens with zero attached hydrogens (tertiary/aromatic N) is 3. The molecule has 0 saturated carbocycles. The Kier molecular flexibility index (Phi) is 13.4. The Morgan fingerprint density at radius 2 is 1.40 bits per heavy atom. The van der Waals surface area contributed by atoms with Crippen molar-refractivity contribution in [1.29, 1.82) is 0 Å². The number of hydrogen-bond acceptors (Lipinski definition) is 12. The summed E-state index contributed by atoms with van der Waals surface area (Å²) in [6.45, 7) is 0.608. The van der Waals surface area contributed by atoms with Crippen LogP contribution in [0.4, 0.5) is 5.13 Å². The van der Waals surface area contributed by atoms with E-state index in [9.17, 15) is 9.59 Å². The third-order valence-electron chi connectivity index (χ3n) is 12.4. The number of esters is 1. The van der Waals surface area contributed by atoms with Gasteiger partial charge in [-0.15, -0.1) is 34.9 Å². The fraction of sp³-hybridized carbons (Fsp3) is 0.275. The first-order chi connectivity index (χ1) is 31.9. The largest absolute Gasteiger partial charge is 0.452 e. The standard InChI is InChI=1S/C51H49N5O6S3/c1-60-55-41(39-32-64-49(52-39)54-51(36-24-12-5-13-25-36,37-26-14-6-15-27-37)38-28-16-7-17-29-38)44(57)53-42-45(58)56-33-50(40-30-18-19-31-61-40,48(63-2)65-46(42)56)47(59)62-43(34-20-8-3-9-21-34)35-22-10-4-11-23-35/h3-17,20-29,32,40,42-43,46,48H,18-19,30-31,33H2,1-2H3,(H,52,54)(H,53,57)/t40?,42?,46-,48?,50?/m1/s1. The number of anilines is 1. The number of thiazole rings is 1. The van der Waals surface area contributed by atoms with Crippen LogP contribution >= 0.6 is 34.9 Å². The highest BCUT2D eigenvalue weighted by molar-refractivity contribution is 8.17. The van der Waals surface area contributed by atoms with Gasteiger partial charge in [0, 0.05) is 18.5 Å². The zero-order chi connectivity index (χ0) is 44.8. The molecule has 11 nitrogen and oxygen atoms in total. The number of benzene rings is 5. The van der Waals surface area contributed by atoms with E-state index < -0.39 is 46.5 Å². The van der Waals surface area contributed by atoms with Gasteiger partial charge in [0.15, 0.2) is 16.9 Å². The van der Waals surface area contributed by atoms with Crippen LogP contribution in [-0.2, 0) is 34.2 Å². The third-order valence-corrected chi connectivity index (χ3v) is 16.4. The summed E-state index contributed by atoms with van der Waals surface area (Å²) in [5.74, 6) is -1.32. The lowest BCUT2D eigenvalue weighted by atomic mass is 9.77. The molecule has 332 valence electrons. The van der Waals surface area contributed by atoms with Gasteiger partial charge in [-0.2, -0.15) is 0 Å². The normalized spacial score (nSPS) is 22.0. The summed E-state index contributed by atoms with van der Waals surface area (Å²) in [5, 5.41) is 12.7. The van der Waals surface area contributed by atoms with E-state index in [1.807, 2.05) is 122 Å². The first-order valence-corrected chi connectivity index (χ1v) is 24.7. The molecule has 0 spiro atoms. The van der Waals surface area contributed by atoms with Crippen LogP contribution in [0.3, 0.4) is 0 Å². The van der Waals surface area contributed by atoms with E-state index in [0.29, 0.717) is 18.2 Å². The molecule has 2 N–H and O–H groups in total. The minimum Gasteiger partial charge on any atom is -0.452 e. The number of carbonyl (C=O) groups excluding carboxylic acids is 3. The predicted molar refractivity (Wildman–Crippen MR) is 258 cm³/mol. The highest BCUT2D eigenvalue weighted by Gasteiger charge is 2.65. The highest BCUT2D eigenvalue weighted by Crippen LogP contribution is 2.55. The van der Waals surface area contributed by atoms with Crippen LogP contribution < -0.4 is 10.6 Å². The van der Waals surface area contributed by atoms with Gasteiger partial charge in [0.1, 0.15) is 35.2 Å². The Balaban J connectivity index is 0.971. The smallest absolute Gasteiger partial charge is 0.319 e. The molecule has 3 aliphatic rings. The maximum absolute atomic E-state index is 15.1. The molecule has 5 aromatic carbocycles. The van der Waals surface area contributed by atoms with Crippen molar-refractivity contribution in [1.82, 2.24) is 15.2 Å². The summed E-state index contributed by atoms with van der Waals surface area (Å²) in [7, 11) is 1.37. The zero-order valence-corrected chi connectivity index (χ0v) is 38.4. The summed E-state index contributed by atoms with van der Waals surface area (Å²) in [6.07, 6.45) is 3.28. The summed E-state index contributed by atoms with van der Waals surface area (Å²) in [5.41, 5.74) is 2.86. The van der Waals surface area contributed by atoms with Gasteiger partial charge >= 0.3 is 5.97 Å². The summed E-state index contributed by atoms with van der Waals surface area (Å²) in [6, 6.07) is 49.0. The van der Waals surface area contributed by atoms with Crippen molar-refractivity contribution in [2.75, 3.05) is 31.8 Å². The summed E-state index contributed by atoms with van der Waals surface area (Å²) in [4.78, 5) is 55.4. The van der Waals surface area contributed by atoms with Gasteiger partial charge in [0.05, 0.1) is 10.7 Å². The van der Waals surface area contributed by atoms with Crippen molar-refractivity contribution < 1.29 is 28.7 Å². The topological polar surface area (TPSA) is 131 Å². The lowest BCUT2D eigenvalue weighted by molar-refractivity contribution is -0.180. The lowest BCUT2D eigenvalue weighted by Crippen LogP contribution is -2.76. The van der Waals surface area contributed by atoms with Crippen LogP contribution in [0, 0.1) is 5.41 Å². The molecule has 0 bridgehead atoms. The van der Waals surface area contributed by atoms with E-state index in [2.05, 4.69) is 52.2 Å². The Labute approximate surface area is 391 Å². The molecule has 14 heteroatoms. The average Bonchev–Trinajstić information content (AvgIpc) is 3.84. The summed E-state index contributed by atoms with van der Waals surface area (Å²) < 4.78 is 12.7. The SMILES string of the molecule is CON=C(C(=O)NC1C(=O)N2CC(C(=O)OC(c3ccccc3)c3ccccc3)(C3CCCCO3)C(SC)S[C@H]12)c1csc(NC(c2ccccc2)(c2ccccc2)c2ccccc2)n1. The highest BCUT2D eigenvalue weighted by atomic mass is 32.2. The molecule has 1 aromatic heterocycles. The first kappa shape index (κ1) is 44.3. The molecule has 0 radical (unpaired) electrons. The van der Waals surface area contributed by atoms with Gasteiger partial charge in [-0.05, 0) is 53.3 Å². The maximum atomic E-state index is 15.1. The molecule has 4 heterocycles. The fourth-order valence-electron chi connectivity index (χ4n) is 9.23. The summed E-state index contributed by atoms with van der Waals surface area (Å²) >= 11 is 4.36. The van der Waals surface area contributed by atoms with Crippen molar-refractivity contribution in [3.63, 3.8) is 0 Å². The van der Waals surface area contributed by atoms with Crippen LogP contribution in [0.5, 0.6) is 0 Å². The molecule has 3 saturated heterocycles. The lowest BCUT2D eigenvalue weighted by Gasteiger charge is -2.58. The maximum Gasteiger partial charge on any atom is 0.319 e. The number of rotatable bonds is 15. The predicted octanol–water partition coefficient (Wildman–Crippen LogP) is 8.87. The number of amides is 2. The van der Waals surface area contributed by atoms with E-state index in [0.717, 1.165) is 40.7 Å². The number of oxime groups is 1. The molecule has 9 rings (SSSR count). The van der Waals surface area contributed by atoms with Gasteiger partial charge < -0.3 is 29.8 Å². The molecule has 3 aliphatic heterocycles. The molecule has 2 amide bonds. The second-order valence-electron chi connectivity index (χ2n) is 16.1. The van der Waals surface area contributed by atoms with Crippen LogP contribution in [0.1, 0.15) is 58.9 Å². The van der Waals surface area contributed by atoms with E-state index in [4.69, 9.17) is 19.3 Å². The van der Waals surface area contributed by atoms with Crippen molar-refractivity contribution >= 4 is 63.5 Å². The number of fused-ring (bicyclic) bond motifs is 1. The Morgan fingerprint density at radius 3 is 1.91 bits per heavy atom. The number of hydrogen-bond donors (Lipinski definition) is 2. The van der Waals surface area contributed by atoms with E-state index in [-0.39, 0.29) is 28.4 Å². The Morgan fingerprint density at radius 1 is 0.846 bits per heavy atom. The van der Waals surface area contributed by atoms with Crippen molar-refractivity contribution in [2.45, 2.75) is 53.0 Å². The van der Waals surface area contributed by atoms with Crippen LogP contribution in [-0.4, -0.2) is 82.0 Å². The third kappa shape index (κ3) is 8.56. The molecular weight excluding hydrogens is 875 g/mol. The Bertz CT molecular complexity index is 2460. The van der Waals surface area contributed by atoms with Crippen LogP contribution in [0.15, 0.2) is 162 Å². The van der Waals surface area contributed by atoms with Gasteiger partial charge in [-0.3, -0.25) is 14.4 Å². The van der Waals surface area contributed by atoms with Gasteiger partial charge in [0.25, 0.3) is 5.91 Å². The number of aromatic nitrogens is 1. The molecule has 0 aliphatic carbocycles. The number of ether oxygens (including phenoxy) is 2. The van der Waals surface area contributed by atoms with E-state index in [1.54, 1.807) is 22.0 Å². The molecule has 4 unspecified atom stereocenters. The second kappa shape index (κ2) is 19.7. The van der Waals surface area contributed by atoms with Gasteiger partial charge in [0.2, 0.25) is 5.91 Å². The fourth-order valence-corrected chi connectivity index (χ4v) is 13.0. The monoisotopic (exact) mass is 923 g/mol. The first-order valence-electron chi connectivity index (χ1n) is 21.6. The minimum absolute atomic E-state index is 0.0728. The van der Waals surface area contributed by atoms with Crippen molar-refractivity contribution in [3.8, 4) is 0 Å². The molecule has 65 heavy (non-hydrogen) atoms. The molecular formula is C51H49N5O6S3. The minimum atomic E-state index is -1.19. The van der Waals surface area contributed by atoms with Crippen LogP contribution in [0.2, 0.25) is 0 Å². The van der Waals surface area contributed by atoms with Crippen LogP contribution in [0.25, 0.3) is 0 Å². The van der Waals surface area contributed by atoms with Gasteiger partial charge in [-0.1, -0.05) is 157 Å². The second-order valence-corrected chi connectivity index (χ2v) is 19.5. The van der Waals surface area contributed by atoms with Crippen molar-refractivity contribution in [2.24, 2.45) is 10.6 Å². The number of thioether (sulfide) groups is 2. The van der Waals surface area contributed by atoms with E-state index in [1.165, 1.54) is 30.2 Å². The van der Waals surface area contributed by atoms with E-state index >= 15 is 4.79 Å².